The van der Waals surface area contributed by atoms with Gasteiger partial charge < -0.3 is 10.2 Å². The Morgan fingerprint density at radius 2 is 1.75 bits per heavy atom. The number of nitrogens with one attached hydrogen (secondary N) is 1. The molecular weight excluding hydrogens is 391 g/mol. The van der Waals surface area contributed by atoms with E-state index in [0.29, 0.717) is 10.8 Å². The number of likely N-dealkylation sites (N-methyl/N-ethyl adjacent to an activating group) is 1. The fourth-order valence-corrected chi connectivity index (χ4v) is 2.94. The van der Waals surface area contributed by atoms with Crippen LogP contribution in [0.15, 0.2) is 54.6 Å². The van der Waals surface area contributed by atoms with E-state index in [1.165, 1.54) is 5.56 Å². The Bertz CT molecular complexity index is 895. The highest BCUT2D eigenvalue weighted by atomic mass is 35.5. The van der Waals surface area contributed by atoms with Crippen LogP contribution in [0.4, 0.5) is 11.5 Å². The van der Waals surface area contributed by atoms with Crippen molar-refractivity contribution >= 4 is 35.5 Å². The van der Waals surface area contributed by atoms with E-state index < -0.39 is 0 Å². The molecule has 0 aliphatic rings. The molecule has 0 saturated carbocycles. The summed E-state index contributed by atoms with van der Waals surface area (Å²) in [6, 6.07) is 18.1. The first kappa shape index (κ1) is 22.2. The van der Waals surface area contributed by atoms with E-state index >= 15 is 0 Å². The van der Waals surface area contributed by atoms with Gasteiger partial charge in [0.15, 0.2) is 5.82 Å². The topological polar surface area (TPSA) is 41.0 Å². The van der Waals surface area contributed by atoms with Gasteiger partial charge >= 0.3 is 0 Å². The monoisotopic (exact) mass is 416 g/mol. The molecule has 3 aromatic rings. The molecule has 0 radical (unpaired) electrons. The van der Waals surface area contributed by atoms with Crippen molar-refractivity contribution in [3.8, 4) is 11.4 Å². The fourth-order valence-electron chi connectivity index (χ4n) is 2.75. The van der Waals surface area contributed by atoms with E-state index in [9.17, 15) is 0 Å². The third-order valence-electron chi connectivity index (χ3n) is 4.30. The SMILES string of the molecule is CCc1cc(Nc2ccc(CCN(C)C)cc2)nc(-c2cccc(Cl)c2)n1.Cl. The van der Waals surface area contributed by atoms with Crippen molar-refractivity contribution in [1.82, 2.24) is 14.9 Å². The van der Waals surface area contributed by atoms with E-state index in [0.717, 1.165) is 42.1 Å². The standard InChI is InChI=1S/C22H25ClN4.ClH/c1-4-19-15-21(26-22(25-19)17-6-5-7-18(23)14-17)24-20-10-8-16(9-11-20)12-13-27(2)3;/h5-11,14-15H,4,12-13H2,1-3H3,(H,24,25,26);1H. The van der Waals surface area contributed by atoms with Crippen LogP contribution in [-0.4, -0.2) is 35.5 Å². The molecule has 6 heteroatoms. The summed E-state index contributed by atoms with van der Waals surface area (Å²) in [5, 5.41) is 4.08. The Labute approximate surface area is 178 Å². The van der Waals surface area contributed by atoms with Crippen molar-refractivity contribution in [2.24, 2.45) is 0 Å². The molecule has 0 unspecified atom stereocenters. The van der Waals surface area contributed by atoms with E-state index in [1.807, 2.05) is 30.3 Å². The van der Waals surface area contributed by atoms with Crippen LogP contribution in [-0.2, 0) is 12.8 Å². The Morgan fingerprint density at radius 3 is 2.39 bits per heavy atom. The molecule has 1 heterocycles. The molecule has 0 spiro atoms. The van der Waals surface area contributed by atoms with Gasteiger partial charge in [0.05, 0.1) is 0 Å². The number of aryl methyl sites for hydroxylation is 1. The van der Waals surface area contributed by atoms with Gasteiger partial charge in [-0.25, -0.2) is 9.97 Å². The Morgan fingerprint density at radius 1 is 1.00 bits per heavy atom. The van der Waals surface area contributed by atoms with Crippen molar-refractivity contribution in [1.29, 1.82) is 0 Å². The molecule has 0 aliphatic heterocycles. The van der Waals surface area contributed by atoms with Crippen LogP contribution in [0.3, 0.4) is 0 Å². The quantitative estimate of drug-likeness (QED) is 0.541. The van der Waals surface area contributed by atoms with Crippen molar-refractivity contribution < 1.29 is 0 Å². The number of rotatable bonds is 7. The second kappa shape index (κ2) is 10.4. The van der Waals surface area contributed by atoms with Crippen LogP contribution in [0.2, 0.25) is 5.02 Å². The predicted molar refractivity (Wildman–Crippen MR) is 121 cm³/mol. The van der Waals surface area contributed by atoms with Crippen LogP contribution in [0, 0.1) is 0 Å². The van der Waals surface area contributed by atoms with Crippen molar-refractivity contribution in [2.45, 2.75) is 19.8 Å². The number of nitrogens with zero attached hydrogens (tertiary/aromatic N) is 3. The molecule has 1 N–H and O–H groups in total. The average molecular weight is 417 g/mol. The summed E-state index contributed by atoms with van der Waals surface area (Å²) in [5.74, 6) is 1.47. The molecule has 0 bridgehead atoms. The first-order chi connectivity index (χ1) is 13.0. The summed E-state index contributed by atoms with van der Waals surface area (Å²) in [4.78, 5) is 11.5. The van der Waals surface area contributed by atoms with Gasteiger partial charge in [0.1, 0.15) is 5.82 Å². The molecule has 2 aromatic carbocycles. The molecule has 0 saturated heterocycles. The Hall–Kier alpha value is -2.14. The number of anilines is 2. The summed E-state index contributed by atoms with van der Waals surface area (Å²) in [6.07, 6.45) is 1.88. The first-order valence-electron chi connectivity index (χ1n) is 9.18. The molecule has 4 nitrogen and oxygen atoms in total. The van der Waals surface area contributed by atoms with Gasteiger partial charge in [0.25, 0.3) is 0 Å². The third-order valence-corrected chi connectivity index (χ3v) is 4.53. The lowest BCUT2D eigenvalue weighted by molar-refractivity contribution is 0.413. The van der Waals surface area contributed by atoms with Crippen LogP contribution in [0.5, 0.6) is 0 Å². The largest absolute Gasteiger partial charge is 0.340 e. The van der Waals surface area contributed by atoms with E-state index in [-0.39, 0.29) is 12.4 Å². The molecule has 0 amide bonds. The zero-order chi connectivity index (χ0) is 19.2. The number of aromatic nitrogens is 2. The van der Waals surface area contributed by atoms with Crippen LogP contribution < -0.4 is 5.32 Å². The number of halogens is 2. The van der Waals surface area contributed by atoms with E-state index in [4.69, 9.17) is 11.6 Å². The minimum Gasteiger partial charge on any atom is -0.340 e. The molecule has 1 aromatic heterocycles. The average Bonchev–Trinajstić information content (AvgIpc) is 2.67. The minimum absolute atomic E-state index is 0. The van der Waals surface area contributed by atoms with Crippen molar-refractivity contribution in [2.75, 3.05) is 26.0 Å². The Kier molecular flexibility index (Phi) is 8.24. The van der Waals surface area contributed by atoms with Gasteiger partial charge in [-0.2, -0.15) is 0 Å². The summed E-state index contributed by atoms with van der Waals surface area (Å²) >= 11 is 6.12. The third kappa shape index (κ3) is 6.20. The van der Waals surface area contributed by atoms with Crippen LogP contribution in [0.25, 0.3) is 11.4 Å². The lowest BCUT2D eigenvalue weighted by Gasteiger charge is -2.12. The van der Waals surface area contributed by atoms with Gasteiger partial charge in [-0.15, -0.1) is 12.4 Å². The molecule has 0 aliphatic carbocycles. The highest BCUT2D eigenvalue weighted by molar-refractivity contribution is 6.30. The van der Waals surface area contributed by atoms with E-state index in [1.54, 1.807) is 0 Å². The zero-order valence-corrected chi connectivity index (χ0v) is 18.0. The van der Waals surface area contributed by atoms with Gasteiger partial charge in [-0.05, 0) is 56.8 Å². The fraction of sp³-hybridized carbons (Fsp3) is 0.273. The lowest BCUT2D eigenvalue weighted by atomic mass is 10.1. The molecule has 148 valence electrons. The molecule has 3 rings (SSSR count). The maximum absolute atomic E-state index is 6.12. The highest BCUT2D eigenvalue weighted by Gasteiger charge is 2.07. The molecule has 0 fully saturated rings. The van der Waals surface area contributed by atoms with Gasteiger partial charge in [-0.3, -0.25) is 0 Å². The highest BCUT2D eigenvalue weighted by Crippen LogP contribution is 2.23. The van der Waals surface area contributed by atoms with Crippen LogP contribution in [0.1, 0.15) is 18.2 Å². The zero-order valence-electron chi connectivity index (χ0n) is 16.4. The summed E-state index contributed by atoms with van der Waals surface area (Å²) < 4.78 is 0. The molecule has 28 heavy (non-hydrogen) atoms. The number of benzene rings is 2. The number of hydrogen-bond acceptors (Lipinski definition) is 4. The lowest BCUT2D eigenvalue weighted by Crippen LogP contribution is -2.14. The second-order valence-electron chi connectivity index (χ2n) is 6.81. The second-order valence-corrected chi connectivity index (χ2v) is 7.24. The van der Waals surface area contributed by atoms with E-state index in [2.05, 4.69) is 65.5 Å². The van der Waals surface area contributed by atoms with Crippen molar-refractivity contribution in [3.05, 3.63) is 70.9 Å². The minimum atomic E-state index is 0. The summed E-state index contributed by atoms with van der Waals surface area (Å²) in [5.41, 5.74) is 4.25. The first-order valence-corrected chi connectivity index (χ1v) is 9.56. The van der Waals surface area contributed by atoms with Gasteiger partial charge in [0, 0.05) is 34.6 Å². The smallest absolute Gasteiger partial charge is 0.161 e. The maximum atomic E-state index is 6.12. The number of hydrogen-bond donors (Lipinski definition) is 1. The van der Waals surface area contributed by atoms with Gasteiger partial charge in [-0.1, -0.05) is 42.8 Å². The summed E-state index contributed by atoms with van der Waals surface area (Å²) in [7, 11) is 4.18. The van der Waals surface area contributed by atoms with Crippen LogP contribution >= 0.6 is 24.0 Å². The molecular formula is C22H26Cl2N4. The predicted octanol–water partition coefficient (Wildman–Crippen LogP) is 5.63. The Balaban J connectivity index is 0.00000280. The van der Waals surface area contributed by atoms with Gasteiger partial charge in [0.2, 0.25) is 0 Å². The molecule has 0 atom stereocenters. The maximum Gasteiger partial charge on any atom is 0.161 e. The van der Waals surface area contributed by atoms with Crippen molar-refractivity contribution in [3.63, 3.8) is 0 Å². The summed E-state index contributed by atoms with van der Waals surface area (Å²) in [6.45, 7) is 3.13. The normalized spacial score (nSPS) is 10.6.